The Morgan fingerprint density at radius 3 is 2.62 bits per heavy atom. The summed E-state index contributed by atoms with van der Waals surface area (Å²) in [6, 6.07) is 11.9. The average molecular weight is 308 g/mol. The van der Waals surface area contributed by atoms with Gasteiger partial charge in [0, 0.05) is 17.7 Å². The van der Waals surface area contributed by atoms with E-state index in [9.17, 15) is 9.18 Å². The molecule has 5 heteroatoms. The summed E-state index contributed by atoms with van der Waals surface area (Å²) in [6.07, 6.45) is 0.781. The van der Waals surface area contributed by atoms with Gasteiger partial charge in [-0.05, 0) is 30.2 Å². The second-order valence-electron chi connectivity index (χ2n) is 4.62. The summed E-state index contributed by atoms with van der Waals surface area (Å²) in [4.78, 5) is 11.7. The van der Waals surface area contributed by atoms with Crippen LogP contribution in [-0.4, -0.2) is 5.97 Å². The first-order chi connectivity index (χ1) is 10.1. The number of anilines is 1. The molecule has 0 amide bonds. The van der Waals surface area contributed by atoms with Crippen LogP contribution < -0.4 is 5.73 Å². The van der Waals surface area contributed by atoms with E-state index in [4.69, 9.17) is 22.1 Å². The smallest absolute Gasteiger partial charge is 0.306 e. The van der Waals surface area contributed by atoms with Gasteiger partial charge in [-0.3, -0.25) is 4.79 Å². The number of nitrogens with two attached hydrogens (primary N) is 1. The molecule has 0 aliphatic heterocycles. The van der Waals surface area contributed by atoms with Gasteiger partial charge >= 0.3 is 5.97 Å². The fourth-order valence-electron chi connectivity index (χ4n) is 1.82. The van der Waals surface area contributed by atoms with Gasteiger partial charge in [-0.2, -0.15) is 0 Å². The minimum Gasteiger partial charge on any atom is -0.461 e. The van der Waals surface area contributed by atoms with Crippen LogP contribution in [0.15, 0.2) is 42.5 Å². The van der Waals surface area contributed by atoms with Crippen LogP contribution in [0.2, 0.25) is 5.02 Å². The Morgan fingerprint density at radius 1 is 1.19 bits per heavy atom. The largest absolute Gasteiger partial charge is 0.461 e. The standard InChI is InChI=1S/C16H15ClFNO2/c17-14-3-1-2-12(16(14)18)10-21-15(20)9-6-11-4-7-13(19)8-5-11/h1-5,7-8H,6,9-10,19H2. The van der Waals surface area contributed by atoms with Gasteiger partial charge in [-0.1, -0.05) is 35.9 Å². The number of carbonyl (C=O) groups excluding carboxylic acids is 1. The Labute approximate surface area is 127 Å². The quantitative estimate of drug-likeness (QED) is 0.676. The molecule has 0 saturated heterocycles. The molecule has 0 bridgehead atoms. The number of ether oxygens (including phenoxy) is 1. The number of rotatable bonds is 5. The molecule has 0 unspecified atom stereocenters. The van der Waals surface area contributed by atoms with Crippen molar-refractivity contribution < 1.29 is 13.9 Å². The molecule has 110 valence electrons. The van der Waals surface area contributed by atoms with Gasteiger partial charge in [0.05, 0.1) is 5.02 Å². The Bertz CT molecular complexity index is 629. The number of carbonyl (C=O) groups is 1. The SMILES string of the molecule is Nc1ccc(CCC(=O)OCc2cccc(Cl)c2F)cc1. The van der Waals surface area contributed by atoms with E-state index in [0.717, 1.165) is 5.56 Å². The van der Waals surface area contributed by atoms with E-state index in [2.05, 4.69) is 0 Å². The molecule has 0 aromatic heterocycles. The summed E-state index contributed by atoms with van der Waals surface area (Å²) >= 11 is 5.66. The van der Waals surface area contributed by atoms with Crippen molar-refractivity contribution in [1.82, 2.24) is 0 Å². The van der Waals surface area contributed by atoms with E-state index < -0.39 is 5.82 Å². The Morgan fingerprint density at radius 2 is 1.90 bits per heavy atom. The van der Waals surface area contributed by atoms with Crippen molar-refractivity contribution in [2.75, 3.05) is 5.73 Å². The molecule has 0 aliphatic carbocycles. The maximum Gasteiger partial charge on any atom is 0.306 e. The average Bonchev–Trinajstić information content (AvgIpc) is 2.48. The molecule has 3 nitrogen and oxygen atoms in total. The van der Waals surface area contributed by atoms with E-state index in [1.165, 1.54) is 12.1 Å². The van der Waals surface area contributed by atoms with Crippen molar-refractivity contribution in [1.29, 1.82) is 0 Å². The van der Waals surface area contributed by atoms with Gasteiger partial charge in [0.1, 0.15) is 12.4 Å². The number of hydrogen-bond acceptors (Lipinski definition) is 3. The van der Waals surface area contributed by atoms with Crippen LogP contribution in [0.25, 0.3) is 0 Å². The third-order valence-corrected chi connectivity index (χ3v) is 3.31. The van der Waals surface area contributed by atoms with E-state index in [0.29, 0.717) is 12.1 Å². The first kappa shape index (κ1) is 15.3. The van der Waals surface area contributed by atoms with E-state index in [1.54, 1.807) is 18.2 Å². The van der Waals surface area contributed by atoms with Crippen molar-refractivity contribution in [3.8, 4) is 0 Å². The van der Waals surface area contributed by atoms with E-state index >= 15 is 0 Å². The summed E-state index contributed by atoms with van der Waals surface area (Å²) in [5.41, 5.74) is 7.52. The summed E-state index contributed by atoms with van der Waals surface area (Å²) in [7, 11) is 0. The second-order valence-corrected chi connectivity index (χ2v) is 5.02. The summed E-state index contributed by atoms with van der Waals surface area (Å²) in [5, 5.41) is 0.0189. The summed E-state index contributed by atoms with van der Waals surface area (Å²) in [5.74, 6) is -0.934. The predicted molar refractivity (Wildman–Crippen MR) is 80.4 cm³/mol. The first-order valence-corrected chi connectivity index (χ1v) is 6.87. The molecular weight excluding hydrogens is 293 g/mol. The topological polar surface area (TPSA) is 52.3 Å². The molecule has 0 heterocycles. The predicted octanol–water partition coefficient (Wildman–Crippen LogP) is 3.74. The van der Waals surface area contributed by atoms with Crippen molar-refractivity contribution in [2.24, 2.45) is 0 Å². The van der Waals surface area contributed by atoms with Gasteiger partial charge in [0.25, 0.3) is 0 Å². The summed E-state index contributed by atoms with van der Waals surface area (Å²) < 4.78 is 18.7. The van der Waals surface area contributed by atoms with Crippen LogP contribution in [0.1, 0.15) is 17.5 Å². The fourth-order valence-corrected chi connectivity index (χ4v) is 2.02. The molecule has 0 atom stereocenters. The third-order valence-electron chi connectivity index (χ3n) is 3.02. The number of esters is 1. The number of aryl methyl sites for hydroxylation is 1. The Kier molecular flexibility index (Phi) is 5.17. The lowest BCUT2D eigenvalue weighted by Crippen LogP contribution is -2.07. The van der Waals surface area contributed by atoms with Crippen LogP contribution in [0.5, 0.6) is 0 Å². The molecule has 0 radical (unpaired) electrons. The van der Waals surface area contributed by atoms with Gasteiger partial charge in [-0.25, -0.2) is 4.39 Å². The molecule has 21 heavy (non-hydrogen) atoms. The maximum atomic E-state index is 13.6. The highest BCUT2D eigenvalue weighted by Crippen LogP contribution is 2.18. The molecular formula is C16H15ClFNO2. The number of halogens is 2. The van der Waals surface area contributed by atoms with E-state index in [1.807, 2.05) is 12.1 Å². The minimum atomic E-state index is -0.550. The molecule has 0 spiro atoms. The molecule has 0 saturated carbocycles. The lowest BCUT2D eigenvalue weighted by Gasteiger charge is -2.07. The zero-order valence-corrected chi connectivity index (χ0v) is 12.1. The third kappa shape index (κ3) is 4.46. The zero-order chi connectivity index (χ0) is 15.2. The van der Waals surface area contributed by atoms with Crippen LogP contribution in [0.4, 0.5) is 10.1 Å². The summed E-state index contributed by atoms with van der Waals surface area (Å²) in [6.45, 7) is -0.118. The van der Waals surface area contributed by atoms with Gasteiger partial charge < -0.3 is 10.5 Å². The van der Waals surface area contributed by atoms with Gasteiger partial charge in [0.2, 0.25) is 0 Å². The van der Waals surface area contributed by atoms with Crippen LogP contribution in [0, 0.1) is 5.82 Å². The second kappa shape index (κ2) is 7.09. The molecule has 0 fully saturated rings. The highest BCUT2D eigenvalue weighted by Gasteiger charge is 2.09. The number of nitrogen functional groups attached to an aromatic ring is 1. The van der Waals surface area contributed by atoms with Crippen LogP contribution in [-0.2, 0) is 22.6 Å². The maximum absolute atomic E-state index is 13.6. The van der Waals surface area contributed by atoms with Crippen LogP contribution in [0.3, 0.4) is 0 Å². The molecule has 2 rings (SSSR count). The van der Waals surface area contributed by atoms with Crippen molar-refractivity contribution in [3.63, 3.8) is 0 Å². The van der Waals surface area contributed by atoms with Crippen LogP contribution >= 0.6 is 11.6 Å². The minimum absolute atomic E-state index is 0.0189. The number of benzene rings is 2. The Hall–Kier alpha value is -2.07. The molecule has 2 aromatic carbocycles. The fraction of sp³-hybridized carbons (Fsp3) is 0.188. The molecule has 2 aromatic rings. The zero-order valence-electron chi connectivity index (χ0n) is 11.3. The lowest BCUT2D eigenvalue weighted by molar-refractivity contribution is -0.144. The highest BCUT2D eigenvalue weighted by atomic mass is 35.5. The van der Waals surface area contributed by atoms with Crippen molar-refractivity contribution in [3.05, 3.63) is 64.4 Å². The van der Waals surface area contributed by atoms with E-state index in [-0.39, 0.29) is 29.6 Å². The first-order valence-electron chi connectivity index (χ1n) is 6.49. The van der Waals surface area contributed by atoms with Gasteiger partial charge in [-0.15, -0.1) is 0 Å². The Balaban J connectivity index is 1.82. The molecule has 2 N–H and O–H groups in total. The molecule has 0 aliphatic rings. The number of hydrogen-bond donors (Lipinski definition) is 1. The monoisotopic (exact) mass is 307 g/mol. The van der Waals surface area contributed by atoms with Crippen molar-refractivity contribution in [2.45, 2.75) is 19.4 Å². The highest BCUT2D eigenvalue weighted by molar-refractivity contribution is 6.30. The normalized spacial score (nSPS) is 10.4. The lowest BCUT2D eigenvalue weighted by atomic mass is 10.1. The van der Waals surface area contributed by atoms with Gasteiger partial charge in [0.15, 0.2) is 0 Å². The van der Waals surface area contributed by atoms with Crippen molar-refractivity contribution >= 4 is 23.3 Å².